The second-order valence-corrected chi connectivity index (χ2v) is 6.26. The van der Waals surface area contributed by atoms with Crippen LogP contribution in [0.25, 0.3) is 5.69 Å². The van der Waals surface area contributed by atoms with Gasteiger partial charge in [0, 0.05) is 36.2 Å². The van der Waals surface area contributed by atoms with E-state index >= 15 is 0 Å². The standard InChI is InChI=1S/C18H23N3O/c1-12-5-4-6-16(9-12)21-13(2)10-17(14(21)3)18(22)20-8-7-15(19)11-20/h4-6,9-10,15H,7-8,11,19H2,1-3H3/t15-/m1/s1. The summed E-state index contributed by atoms with van der Waals surface area (Å²) in [5, 5.41) is 0. The van der Waals surface area contributed by atoms with Gasteiger partial charge < -0.3 is 15.2 Å². The Balaban J connectivity index is 1.98. The van der Waals surface area contributed by atoms with E-state index < -0.39 is 0 Å². The fraction of sp³-hybridized carbons (Fsp3) is 0.389. The first-order valence-electron chi connectivity index (χ1n) is 7.78. The molecule has 116 valence electrons. The zero-order valence-electron chi connectivity index (χ0n) is 13.5. The molecule has 2 aromatic rings. The molecule has 1 aromatic heterocycles. The Morgan fingerprint density at radius 1 is 1.23 bits per heavy atom. The molecular formula is C18H23N3O. The van der Waals surface area contributed by atoms with Crippen molar-refractivity contribution in [3.05, 3.63) is 52.8 Å². The minimum Gasteiger partial charge on any atom is -0.337 e. The molecule has 1 fully saturated rings. The van der Waals surface area contributed by atoms with Crippen LogP contribution in [0.5, 0.6) is 0 Å². The van der Waals surface area contributed by atoms with Gasteiger partial charge in [-0.3, -0.25) is 4.79 Å². The third-order valence-electron chi connectivity index (χ3n) is 4.43. The third-order valence-corrected chi connectivity index (χ3v) is 4.43. The monoisotopic (exact) mass is 297 g/mol. The number of likely N-dealkylation sites (tertiary alicyclic amines) is 1. The lowest BCUT2D eigenvalue weighted by molar-refractivity contribution is 0.0790. The number of carbonyl (C=O) groups is 1. The Labute approximate surface area is 131 Å². The van der Waals surface area contributed by atoms with E-state index in [1.807, 2.05) is 30.9 Å². The van der Waals surface area contributed by atoms with Crippen LogP contribution in [0.4, 0.5) is 0 Å². The second-order valence-electron chi connectivity index (χ2n) is 6.26. The number of amides is 1. The summed E-state index contributed by atoms with van der Waals surface area (Å²) in [6.07, 6.45) is 0.891. The molecule has 2 heterocycles. The van der Waals surface area contributed by atoms with Crippen LogP contribution < -0.4 is 5.73 Å². The molecule has 0 spiro atoms. The average molecular weight is 297 g/mol. The fourth-order valence-electron chi connectivity index (χ4n) is 3.29. The molecule has 4 heteroatoms. The molecule has 0 radical (unpaired) electrons. The molecule has 1 aliphatic heterocycles. The molecule has 1 aromatic carbocycles. The number of rotatable bonds is 2. The van der Waals surface area contributed by atoms with E-state index in [2.05, 4.69) is 29.7 Å². The molecule has 3 rings (SSSR count). The zero-order valence-corrected chi connectivity index (χ0v) is 13.5. The van der Waals surface area contributed by atoms with Crippen molar-refractivity contribution in [3.8, 4) is 5.69 Å². The van der Waals surface area contributed by atoms with Crippen molar-refractivity contribution < 1.29 is 4.79 Å². The van der Waals surface area contributed by atoms with Gasteiger partial charge >= 0.3 is 0 Å². The summed E-state index contributed by atoms with van der Waals surface area (Å²) < 4.78 is 2.15. The highest BCUT2D eigenvalue weighted by molar-refractivity contribution is 5.96. The lowest BCUT2D eigenvalue weighted by Gasteiger charge is -2.16. The number of aryl methyl sites for hydroxylation is 2. The Hall–Kier alpha value is -2.07. The van der Waals surface area contributed by atoms with Crippen LogP contribution in [0, 0.1) is 20.8 Å². The Morgan fingerprint density at radius 3 is 2.64 bits per heavy atom. The van der Waals surface area contributed by atoms with Gasteiger partial charge in [0.05, 0.1) is 5.56 Å². The number of aromatic nitrogens is 1. The van der Waals surface area contributed by atoms with Crippen LogP contribution >= 0.6 is 0 Å². The van der Waals surface area contributed by atoms with Crippen LogP contribution in [0.2, 0.25) is 0 Å². The summed E-state index contributed by atoms with van der Waals surface area (Å²) in [5.41, 5.74) is 11.1. The molecule has 0 saturated carbocycles. The van der Waals surface area contributed by atoms with Crippen molar-refractivity contribution >= 4 is 5.91 Å². The van der Waals surface area contributed by atoms with Crippen molar-refractivity contribution in [1.29, 1.82) is 0 Å². The number of benzene rings is 1. The summed E-state index contributed by atoms with van der Waals surface area (Å²) in [6, 6.07) is 10.4. The molecule has 0 unspecified atom stereocenters. The van der Waals surface area contributed by atoms with Gasteiger partial charge in [-0.05, 0) is 51.0 Å². The first-order valence-corrected chi connectivity index (χ1v) is 7.78. The van der Waals surface area contributed by atoms with Crippen LogP contribution in [0.3, 0.4) is 0 Å². The maximum absolute atomic E-state index is 12.7. The molecular weight excluding hydrogens is 274 g/mol. The predicted octanol–water partition coefficient (Wildman–Crippen LogP) is 2.58. The van der Waals surface area contributed by atoms with Gasteiger partial charge in [0.1, 0.15) is 0 Å². The maximum atomic E-state index is 12.7. The summed E-state index contributed by atoms with van der Waals surface area (Å²) >= 11 is 0. The van der Waals surface area contributed by atoms with Gasteiger partial charge in [0.15, 0.2) is 0 Å². The van der Waals surface area contributed by atoms with Crippen LogP contribution in [-0.4, -0.2) is 34.5 Å². The molecule has 4 nitrogen and oxygen atoms in total. The number of hydrogen-bond acceptors (Lipinski definition) is 2. The van der Waals surface area contributed by atoms with Crippen LogP contribution in [0.15, 0.2) is 30.3 Å². The van der Waals surface area contributed by atoms with Gasteiger partial charge in [0.25, 0.3) is 5.91 Å². The Morgan fingerprint density at radius 2 is 2.00 bits per heavy atom. The van der Waals surface area contributed by atoms with E-state index in [9.17, 15) is 4.79 Å². The number of hydrogen-bond donors (Lipinski definition) is 1. The number of nitrogens with two attached hydrogens (primary N) is 1. The fourth-order valence-corrected chi connectivity index (χ4v) is 3.29. The van der Waals surface area contributed by atoms with Gasteiger partial charge in [-0.1, -0.05) is 12.1 Å². The minimum absolute atomic E-state index is 0.0972. The van der Waals surface area contributed by atoms with Gasteiger partial charge in [-0.2, -0.15) is 0 Å². The smallest absolute Gasteiger partial charge is 0.255 e. The average Bonchev–Trinajstić information content (AvgIpc) is 3.02. The van der Waals surface area contributed by atoms with Gasteiger partial charge in [-0.15, -0.1) is 0 Å². The molecule has 1 amide bonds. The third kappa shape index (κ3) is 2.55. The highest BCUT2D eigenvalue weighted by Crippen LogP contribution is 2.23. The van der Waals surface area contributed by atoms with Crippen molar-refractivity contribution in [1.82, 2.24) is 9.47 Å². The van der Waals surface area contributed by atoms with Crippen molar-refractivity contribution in [2.24, 2.45) is 5.73 Å². The van der Waals surface area contributed by atoms with Crippen molar-refractivity contribution in [3.63, 3.8) is 0 Å². The lowest BCUT2D eigenvalue weighted by Crippen LogP contribution is -2.32. The molecule has 22 heavy (non-hydrogen) atoms. The molecule has 2 N–H and O–H groups in total. The Bertz CT molecular complexity index is 717. The normalized spacial score (nSPS) is 18.0. The molecule has 1 atom stereocenters. The maximum Gasteiger partial charge on any atom is 0.255 e. The molecule has 1 saturated heterocycles. The van der Waals surface area contributed by atoms with Gasteiger partial charge in [-0.25, -0.2) is 0 Å². The van der Waals surface area contributed by atoms with E-state index in [-0.39, 0.29) is 11.9 Å². The summed E-state index contributed by atoms with van der Waals surface area (Å²) in [4.78, 5) is 14.6. The summed E-state index contributed by atoms with van der Waals surface area (Å²) in [5.74, 6) is 0.0972. The predicted molar refractivity (Wildman–Crippen MR) is 88.5 cm³/mol. The van der Waals surface area contributed by atoms with Crippen LogP contribution in [-0.2, 0) is 0 Å². The van der Waals surface area contributed by atoms with Crippen molar-refractivity contribution in [2.45, 2.75) is 33.2 Å². The van der Waals surface area contributed by atoms with Crippen molar-refractivity contribution in [2.75, 3.05) is 13.1 Å². The molecule has 0 bridgehead atoms. The largest absolute Gasteiger partial charge is 0.337 e. The number of nitrogens with zero attached hydrogens (tertiary/aromatic N) is 2. The summed E-state index contributed by atoms with van der Waals surface area (Å²) in [7, 11) is 0. The SMILES string of the molecule is Cc1cccc(-n2c(C)cc(C(=O)N3CC[C@@H](N)C3)c2C)c1. The van der Waals surface area contributed by atoms with E-state index in [1.54, 1.807) is 0 Å². The number of carbonyl (C=O) groups excluding carboxylic acids is 1. The summed E-state index contributed by atoms with van der Waals surface area (Å²) in [6.45, 7) is 7.55. The van der Waals surface area contributed by atoms with E-state index in [1.165, 1.54) is 5.56 Å². The zero-order chi connectivity index (χ0) is 15.9. The van der Waals surface area contributed by atoms with E-state index in [0.717, 1.165) is 35.6 Å². The minimum atomic E-state index is 0.0972. The van der Waals surface area contributed by atoms with Gasteiger partial charge in [0.2, 0.25) is 0 Å². The molecule has 0 aliphatic carbocycles. The highest BCUT2D eigenvalue weighted by atomic mass is 16.2. The first kappa shape index (κ1) is 14.9. The lowest BCUT2D eigenvalue weighted by atomic mass is 10.2. The topological polar surface area (TPSA) is 51.3 Å². The second kappa shape index (κ2) is 5.61. The molecule has 1 aliphatic rings. The van der Waals surface area contributed by atoms with E-state index in [0.29, 0.717) is 6.54 Å². The Kier molecular flexibility index (Phi) is 3.79. The highest BCUT2D eigenvalue weighted by Gasteiger charge is 2.27. The van der Waals surface area contributed by atoms with E-state index in [4.69, 9.17) is 5.73 Å². The quantitative estimate of drug-likeness (QED) is 0.926. The van der Waals surface area contributed by atoms with Crippen LogP contribution in [0.1, 0.15) is 33.7 Å². The first-order chi connectivity index (χ1) is 10.5.